The molecule has 0 radical (unpaired) electrons. The molecule has 1 unspecified atom stereocenters. The van der Waals surface area contributed by atoms with Gasteiger partial charge < -0.3 is 9.84 Å². The van der Waals surface area contributed by atoms with E-state index in [0.29, 0.717) is 12.8 Å². The molecule has 0 aromatic carbocycles. The molecule has 0 spiro atoms. The average molecular weight is 164 g/mol. The zero-order chi connectivity index (χ0) is 8.69. The number of carboxylic acid groups (broad SMARTS) is 1. The Balaban J connectivity index is 3.16. The molecule has 0 rings (SSSR count). The predicted octanol–water partition coefficient (Wildman–Crippen LogP) is 1.57. The van der Waals surface area contributed by atoms with E-state index in [4.69, 9.17) is 5.11 Å². The molecule has 3 nitrogen and oxygen atoms in total. The van der Waals surface area contributed by atoms with Crippen molar-refractivity contribution in [3.05, 3.63) is 0 Å². The van der Waals surface area contributed by atoms with Crippen LogP contribution in [0.25, 0.3) is 0 Å². The molecular formula is C7H13FO3. The number of ether oxygens (including phenoxy) is 1. The Hall–Kier alpha value is -0.640. The molecule has 0 fully saturated rings. The maximum Gasteiger partial charge on any atom is 0.303 e. The Morgan fingerprint density at radius 3 is 2.82 bits per heavy atom. The van der Waals surface area contributed by atoms with Crippen LogP contribution in [0.3, 0.4) is 0 Å². The molecular weight excluding hydrogens is 151 g/mol. The number of hydrogen-bond donors (Lipinski definition) is 1. The highest BCUT2D eigenvalue weighted by atomic mass is 19.1. The van der Waals surface area contributed by atoms with Gasteiger partial charge in [0.25, 0.3) is 0 Å². The zero-order valence-electron chi connectivity index (χ0n) is 6.55. The van der Waals surface area contributed by atoms with Crippen molar-refractivity contribution in [1.82, 2.24) is 0 Å². The number of alkyl halides is 1. The first-order valence-electron chi connectivity index (χ1n) is 3.56. The van der Waals surface area contributed by atoms with Gasteiger partial charge in [0.15, 0.2) is 6.86 Å². The topological polar surface area (TPSA) is 46.5 Å². The molecule has 0 saturated heterocycles. The largest absolute Gasteiger partial charge is 0.481 e. The lowest BCUT2D eigenvalue weighted by Gasteiger charge is -2.07. The SMILES string of the molecule is CC(CCCC(=O)O)OCF. The maximum absolute atomic E-state index is 11.5. The number of rotatable bonds is 6. The molecule has 0 amide bonds. The molecule has 0 saturated carbocycles. The molecule has 0 aliphatic carbocycles. The summed E-state index contributed by atoms with van der Waals surface area (Å²) in [5, 5.41) is 8.24. The molecule has 0 aliphatic rings. The summed E-state index contributed by atoms with van der Waals surface area (Å²) in [7, 11) is 0. The average Bonchev–Trinajstić information content (AvgIpc) is 1.87. The molecule has 1 N–H and O–H groups in total. The standard InChI is InChI=1S/C7H13FO3/c1-6(11-5-8)3-2-4-7(9)10/h6H,2-5H2,1H3,(H,9,10). The van der Waals surface area contributed by atoms with E-state index in [9.17, 15) is 9.18 Å². The summed E-state index contributed by atoms with van der Waals surface area (Å²) in [5.74, 6) is -0.822. The first-order valence-corrected chi connectivity index (χ1v) is 3.56. The van der Waals surface area contributed by atoms with E-state index in [2.05, 4.69) is 4.74 Å². The van der Waals surface area contributed by atoms with Gasteiger partial charge >= 0.3 is 5.97 Å². The summed E-state index contributed by atoms with van der Waals surface area (Å²) in [6.45, 7) is 0.926. The van der Waals surface area contributed by atoms with Gasteiger partial charge in [-0.1, -0.05) is 0 Å². The number of carboxylic acids is 1. The van der Waals surface area contributed by atoms with E-state index in [1.807, 2.05) is 0 Å². The molecule has 1 atom stereocenters. The normalized spacial score (nSPS) is 12.9. The van der Waals surface area contributed by atoms with Crippen molar-refractivity contribution in [2.24, 2.45) is 0 Å². The Morgan fingerprint density at radius 1 is 1.73 bits per heavy atom. The summed E-state index contributed by atoms with van der Waals surface area (Å²) in [4.78, 5) is 10.0. The van der Waals surface area contributed by atoms with Gasteiger partial charge in [-0.05, 0) is 19.8 Å². The van der Waals surface area contributed by atoms with Gasteiger partial charge in [0, 0.05) is 6.42 Å². The van der Waals surface area contributed by atoms with Crippen LogP contribution in [0.2, 0.25) is 0 Å². The second-order valence-corrected chi connectivity index (χ2v) is 2.37. The molecule has 0 aromatic heterocycles. The van der Waals surface area contributed by atoms with E-state index in [0.717, 1.165) is 0 Å². The minimum Gasteiger partial charge on any atom is -0.481 e. The zero-order valence-corrected chi connectivity index (χ0v) is 6.55. The van der Waals surface area contributed by atoms with Crippen molar-refractivity contribution < 1.29 is 19.0 Å². The number of aliphatic carboxylic acids is 1. The summed E-state index contributed by atoms with van der Waals surface area (Å²) in [6.07, 6.45) is 1.08. The summed E-state index contributed by atoms with van der Waals surface area (Å²) in [5.41, 5.74) is 0. The first kappa shape index (κ1) is 10.4. The van der Waals surface area contributed by atoms with Crippen molar-refractivity contribution in [1.29, 1.82) is 0 Å². The number of carbonyl (C=O) groups is 1. The minimum absolute atomic E-state index is 0.125. The van der Waals surface area contributed by atoms with E-state index < -0.39 is 12.8 Å². The fourth-order valence-corrected chi connectivity index (χ4v) is 0.732. The Kier molecular flexibility index (Phi) is 5.74. The Morgan fingerprint density at radius 2 is 2.36 bits per heavy atom. The highest BCUT2D eigenvalue weighted by molar-refractivity contribution is 5.66. The molecule has 66 valence electrons. The molecule has 11 heavy (non-hydrogen) atoms. The monoisotopic (exact) mass is 164 g/mol. The smallest absolute Gasteiger partial charge is 0.303 e. The Bertz CT molecular complexity index is 116. The lowest BCUT2D eigenvalue weighted by molar-refractivity contribution is -0.137. The fraction of sp³-hybridized carbons (Fsp3) is 0.857. The van der Waals surface area contributed by atoms with Crippen LogP contribution in [0.15, 0.2) is 0 Å². The summed E-state index contributed by atoms with van der Waals surface area (Å²) in [6, 6.07) is 0. The first-order chi connectivity index (χ1) is 5.16. The number of hydrogen-bond acceptors (Lipinski definition) is 2. The summed E-state index contributed by atoms with van der Waals surface area (Å²) < 4.78 is 16.1. The second-order valence-electron chi connectivity index (χ2n) is 2.37. The molecule has 0 aliphatic heterocycles. The van der Waals surface area contributed by atoms with Crippen LogP contribution >= 0.6 is 0 Å². The van der Waals surface area contributed by atoms with Crippen LogP contribution in [0.4, 0.5) is 4.39 Å². The van der Waals surface area contributed by atoms with Crippen molar-refractivity contribution in [3.8, 4) is 0 Å². The third kappa shape index (κ3) is 7.25. The van der Waals surface area contributed by atoms with E-state index in [-0.39, 0.29) is 12.5 Å². The molecule has 0 aromatic rings. The van der Waals surface area contributed by atoms with E-state index in [1.165, 1.54) is 0 Å². The van der Waals surface area contributed by atoms with Crippen LogP contribution in [-0.4, -0.2) is 24.0 Å². The van der Waals surface area contributed by atoms with Gasteiger partial charge in [-0.25, -0.2) is 4.39 Å². The fourth-order valence-electron chi connectivity index (χ4n) is 0.732. The highest BCUT2D eigenvalue weighted by Crippen LogP contribution is 2.03. The van der Waals surface area contributed by atoms with Gasteiger partial charge in [-0.15, -0.1) is 0 Å². The van der Waals surface area contributed by atoms with Crippen molar-refractivity contribution in [3.63, 3.8) is 0 Å². The van der Waals surface area contributed by atoms with Crippen molar-refractivity contribution >= 4 is 5.97 Å². The highest BCUT2D eigenvalue weighted by Gasteiger charge is 2.03. The minimum atomic E-state index is -0.822. The predicted molar refractivity (Wildman–Crippen MR) is 38.0 cm³/mol. The van der Waals surface area contributed by atoms with Gasteiger partial charge in [0.05, 0.1) is 6.10 Å². The van der Waals surface area contributed by atoms with Gasteiger partial charge in [0.1, 0.15) is 0 Å². The third-order valence-electron chi connectivity index (χ3n) is 1.35. The molecule has 0 heterocycles. The third-order valence-corrected chi connectivity index (χ3v) is 1.35. The van der Waals surface area contributed by atoms with E-state index >= 15 is 0 Å². The van der Waals surface area contributed by atoms with Gasteiger partial charge in [-0.2, -0.15) is 0 Å². The number of halogens is 1. The van der Waals surface area contributed by atoms with Crippen LogP contribution in [0.1, 0.15) is 26.2 Å². The molecule has 4 heteroatoms. The van der Waals surface area contributed by atoms with Crippen LogP contribution < -0.4 is 0 Å². The summed E-state index contributed by atoms with van der Waals surface area (Å²) >= 11 is 0. The van der Waals surface area contributed by atoms with Crippen molar-refractivity contribution in [2.45, 2.75) is 32.3 Å². The lowest BCUT2D eigenvalue weighted by atomic mass is 10.2. The van der Waals surface area contributed by atoms with Crippen LogP contribution in [0, 0.1) is 0 Å². The Labute approximate surface area is 65.2 Å². The lowest BCUT2D eigenvalue weighted by Crippen LogP contribution is -2.07. The van der Waals surface area contributed by atoms with Gasteiger partial charge in [-0.3, -0.25) is 4.79 Å². The van der Waals surface area contributed by atoms with Crippen LogP contribution in [0.5, 0.6) is 0 Å². The van der Waals surface area contributed by atoms with Crippen molar-refractivity contribution in [2.75, 3.05) is 6.86 Å². The van der Waals surface area contributed by atoms with Crippen LogP contribution in [-0.2, 0) is 9.53 Å². The molecule has 0 bridgehead atoms. The quantitative estimate of drug-likeness (QED) is 0.648. The maximum atomic E-state index is 11.5. The van der Waals surface area contributed by atoms with Gasteiger partial charge in [0.2, 0.25) is 0 Å². The second kappa shape index (κ2) is 6.09. The van der Waals surface area contributed by atoms with E-state index in [1.54, 1.807) is 6.92 Å².